The first-order chi connectivity index (χ1) is 11.5. The molecule has 0 spiro atoms. The summed E-state index contributed by atoms with van der Waals surface area (Å²) in [6, 6.07) is 12.0. The number of amides is 1. The lowest BCUT2D eigenvalue weighted by atomic mass is 9.76. The standard InChI is InChI=1S/C18H17NO5/c1-19-16(21)13-7-11(17(22)23)8-14-15(13)24-10-18(14,9-20)12-5-3-2-4-6-12/h2-8,20H,9-10H2,1H3,(H,19,21)(H,22,23). The van der Waals surface area contributed by atoms with Gasteiger partial charge in [-0.2, -0.15) is 0 Å². The van der Waals surface area contributed by atoms with Crippen LogP contribution in [0.4, 0.5) is 0 Å². The summed E-state index contributed by atoms with van der Waals surface area (Å²) in [7, 11) is 1.47. The Morgan fingerprint density at radius 3 is 2.54 bits per heavy atom. The summed E-state index contributed by atoms with van der Waals surface area (Å²) < 4.78 is 5.73. The van der Waals surface area contributed by atoms with Crippen molar-refractivity contribution in [3.05, 3.63) is 64.7 Å². The van der Waals surface area contributed by atoms with Gasteiger partial charge in [-0.1, -0.05) is 30.3 Å². The molecule has 1 heterocycles. The van der Waals surface area contributed by atoms with Crippen molar-refractivity contribution in [3.63, 3.8) is 0 Å². The Bertz CT molecular complexity index is 803. The minimum absolute atomic E-state index is 0.0217. The number of aliphatic hydroxyl groups is 1. The monoisotopic (exact) mass is 327 g/mol. The van der Waals surface area contributed by atoms with E-state index in [9.17, 15) is 19.8 Å². The third kappa shape index (κ3) is 2.32. The van der Waals surface area contributed by atoms with E-state index in [1.807, 2.05) is 30.3 Å². The first kappa shape index (κ1) is 16.0. The van der Waals surface area contributed by atoms with Crippen LogP contribution in [0.1, 0.15) is 31.8 Å². The number of aromatic carboxylic acids is 1. The van der Waals surface area contributed by atoms with E-state index in [-0.39, 0.29) is 24.3 Å². The van der Waals surface area contributed by atoms with Gasteiger partial charge in [0, 0.05) is 12.6 Å². The number of hydrogen-bond donors (Lipinski definition) is 3. The number of rotatable bonds is 4. The maximum atomic E-state index is 12.1. The molecule has 1 unspecified atom stereocenters. The smallest absolute Gasteiger partial charge is 0.335 e. The lowest BCUT2D eigenvalue weighted by Crippen LogP contribution is -2.34. The largest absolute Gasteiger partial charge is 0.491 e. The highest BCUT2D eigenvalue weighted by Crippen LogP contribution is 2.45. The second-order valence-corrected chi connectivity index (χ2v) is 5.68. The van der Waals surface area contributed by atoms with Crippen molar-refractivity contribution in [2.24, 2.45) is 0 Å². The Morgan fingerprint density at radius 1 is 1.25 bits per heavy atom. The van der Waals surface area contributed by atoms with Crippen LogP contribution < -0.4 is 10.1 Å². The van der Waals surface area contributed by atoms with Crippen molar-refractivity contribution >= 4 is 11.9 Å². The van der Waals surface area contributed by atoms with Gasteiger partial charge in [0.1, 0.15) is 12.4 Å². The highest BCUT2D eigenvalue weighted by atomic mass is 16.5. The molecule has 1 amide bonds. The molecule has 0 aliphatic carbocycles. The number of benzene rings is 2. The van der Waals surface area contributed by atoms with Crippen LogP contribution in [-0.4, -0.2) is 42.4 Å². The number of aliphatic hydroxyl groups excluding tert-OH is 1. The average molecular weight is 327 g/mol. The number of carboxylic acids is 1. The summed E-state index contributed by atoms with van der Waals surface area (Å²) in [4.78, 5) is 23.6. The Labute approximate surface area is 138 Å². The van der Waals surface area contributed by atoms with Gasteiger partial charge in [-0.25, -0.2) is 4.79 Å². The van der Waals surface area contributed by atoms with Gasteiger partial charge in [-0.3, -0.25) is 4.79 Å². The van der Waals surface area contributed by atoms with Crippen LogP contribution in [0.5, 0.6) is 5.75 Å². The molecule has 1 aliphatic heterocycles. The predicted octanol–water partition coefficient (Wildman–Crippen LogP) is 1.42. The number of nitrogens with one attached hydrogen (secondary N) is 1. The Morgan fingerprint density at radius 2 is 1.96 bits per heavy atom. The molecule has 3 N–H and O–H groups in total. The molecule has 124 valence electrons. The summed E-state index contributed by atoms with van der Waals surface area (Å²) >= 11 is 0. The second-order valence-electron chi connectivity index (χ2n) is 5.68. The molecule has 0 aromatic heterocycles. The number of carbonyl (C=O) groups is 2. The van der Waals surface area contributed by atoms with Crippen molar-refractivity contribution in [2.45, 2.75) is 5.41 Å². The predicted molar refractivity (Wildman–Crippen MR) is 86.6 cm³/mol. The maximum absolute atomic E-state index is 12.1. The van der Waals surface area contributed by atoms with Gasteiger partial charge in [0.05, 0.1) is 23.1 Å². The fourth-order valence-corrected chi connectivity index (χ4v) is 3.06. The molecule has 0 radical (unpaired) electrons. The topological polar surface area (TPSA) is 95.9 Å². The second kappa shape index (κ2) is 5.98. The first-order valence-corrected chi connectivity index (χ1v) is 7.46. The van der Waals surface area contributed by atoms with Gasteiger partial charge in [0.25, 0.3) is 5.91 Å². The van der Waals surface area contributed by atoms with Crippen molar-refractivity contribution in [1.29, 1.82) is 0 Å². The minimum atomic E-state index is -1.14. The summed E-state index contributed by atoms with van der Waals surface area (Å²) in [5.41, 5.74) is 0.543. The van der Waals surface area contributed by atoms with Crippen LogP contribution in [-0.2, 0) is 5.41 Å². The number of carbonyl (C=O) groups excluding carboxylic acids is 1. The van der Waals surface area contributed by atoms with Crippen LogP contribution in [0.15, 0.2) is 42.5 Å². The summed E-state index contributed by atoms with van der Waals surface area (Å²) in [5, 5.41) is 22.0. The normalized spacial score (nSPS) is 18.6. The molecule has 6 heteroatoms. The lowest BCUT2D eigenvalue weighted by molar-refractivity contribution is 0.0696. The molecule has 1 atom stereocenters. The number of hydrogen-bond acceptors (Lipinski definition) is 4. The zero-order valence-corrected chi connectivity index (χ0v) is 13.1. The summed E-state index contributed by atoms with van der Waals surface area (Å²) in [6.45, 7) is -0.129. The average Bonchev–Trinajstić information content (AvgIpc) is 3.00. The van der Waals surface area contributed by atoms with E-state index in [1.165, 1.54) is 19.2 Å². The summed E-state index contributed by atoms with van der Waals surface area (Å²) in [5.74, 6) is -1.26. The molecular weight excluding hydrogens is 310 g/mol. The number of ether oxygens (including phenoxy) is 1. The van der Waals surface area contributed by atoms with E-state index >= 15 is 0 Å². The quantitative estimate of drug-likeness (QED) is 0.789. The highest BCUT2D eigenvalue weighted by Gasteiger charge is 2.44. The van der Waals surface area contributed by atoms with Gasteiger partial charge in [0.2, 0.25) is 0 Å². The molecule has 0 fully saturated rings. The van der Waals surface area contributed by atoms with E-state index in [2.05, 4.69) is 5.32 Å². The van der Waals surface area contributed by atoms with E-state index in [0.717, 1.165) is 5.56 Å². The highest BCUT2D eigenvalue weighted by molar-refractivity contribution is 6.00. The molecule has 3 rings (SSSR count). The van der Waals surface area contributed by atoms with Gasteiger partial charge in [-0.15, -0.1) is 0 Å². The van der Waals surface area contributed by atoms with E-state index in [0.29, 0.717) is 11.3 Å². The molecule has 24 heavy (non-hydrogen) atoms. The van der Waals surface area contributed by atoms with Crippen LogP contribution >= 0.6 is 0 Å². The fourth-order valence-electron chi connectivity index (χ4n) is 3.06. The Balaban J connectivity index is 2.28. The van der Waals surface area contributed by atoms with Gasteiger partial charge in [0.15, 0.2) is 0 Å². The fraction of sp³-hybridized carbons (Fsp3) is 0.222. The molecule has 2 aromatic rings. The van der Waals surface area contributed by atoms with Gasteiger partial charge in [-0.05, 0) is 17.7 Å². The van der Waals surface area contributed by atoms with Crippen LogP contribution in [0.25, 0.3) is 0 Å². The van der Waals surface area contributed by atoms with Crippen molar-refractivity contribution in [2.75, 3.05) is 20.3 Å². The first-order valence-electron chi connectivity index (χ1n) is 7.46. The summed E-state index contributed by atoms with van der Waals surface area (Å²) in [6.07, 6.45) is 0. The van der Waals surface area contributed by atoms with Crippen molar-refractivity contribution < 1.29 is 24.5 Å². The zero-order chi connectivity index (χ0) is 17.3. The Kier molecular flexibility index (Phi) is 3.99. The third-order valence-corrected chi connectivity index (χ3v) is 4.38. The molecular formula is C18H17NO5. The number of carboxylic acid groups (broad SMARTS) is 1. The molecule has 1 aliphatic rings. The van der Waals surface area contributed by atoms with E-state index in [4.69, 9.17) is 4.74 Å². The molecule has 0 saturated heterocycles. The van der Waals surface area contributed by atoms with Gasteiger partial charge < -0.3 is 20.3 Å². The third-order valence-electron chi connectivity index (χ3n) is 4.38. The van der Waals surface area contributed by atoms with Gasteiger partial charge >= 0.3 is 5.97 Å². The van der Waals surface area contributed by atoms with Crippen LogP contribution in [0.3, 0.4) is 0 Å². The maximum Gasteiger partial charge on any atom is 0.335 e. The zero-order valence-electron chi connectivity index (χ0n) is 13.1. The van der Waals surface area contributed by atoms with E-state index < -0.39 is 17.3 Å². The van der Waals surface area contributed by atoms with Crippen LogP contribution in [0.2, 0.25) is 0 Å². The van der Waals surface area contributed by atoms with Crippen molar-refractivity contribution in [1.82, 2.24) is 5.32 Å². The SMILES string of the molecule is CNC(=O)c1cc(C(=O)O)cc2c1OCC2(CO)c1ccccc1. The van der Waals surface area contributed by atoms with E-state index in [1.54, 1.807) is 0 Å². The molecule has 0 bridgehead atoms. The molecule has 2 aromatic carbocycles. The lowest BCUT2D eigenvalue weighted by Gasteiger charge is -2.26. The molecule has 6 nitrogen and oxygen atoms in total. The Hall–Kier alpha value is -2.86. The number of fused-ring (bicyclic) bond motifs is 1. The molecule has 0 saturated carbocycles. The van der Waals surface area contributed by atoms with Crippen molar-refractivity contribution in [3.8, 4) is 5.75 Å². The minimum Gasteiger partial charge on any atom is -0.491 e. The van der Waals surface area contributed by atoms with Crippen LogP contribution in [0, 0.1) is 0 Å².